The molecule has 0 unspecified atom stereocenters. The van der Waals surface area contributed by atoms with Crippen LogP contribution in [-0.2, 0) is 6.54 Å². The zero-order valence-electron chi connectivity index (χ0n) is 12.3. The molecule has 120 valence electrons. The van der Waals surface area contributed by atoms with E-state index in [1.807, 2.05) is 47.3 Å². The number of halogens is 2. The van der Waals surface area contributed by atoms with Crippen LogP contribution in [0.5, 0.6) is 0 Å². The number of anilines is 2. The van der Waals surface area contributed by atoms with E-state index in [2.05, 4.69) is 36.3 Å². The molecule has 8 heteroatoms. The smallest absolute Gasteiger partial charge is 0.189 e. The quantitative estimate of drug-likeness (QED) is 0.467. The number of benzene rings is 1. The zero-order valence-corrected chi connectivity index (χ0v) is 15.4. The third kappa shape index (κ3) is 3.43. The van der Waals surface area contributed by atoms with Crippen molar-refractivity contribution in [1.29, 1.82) is 0 Å². The van der Waals surface area contributed by atoms with Gasteiger partial charge < -0.3 is 5.32 Å². The Morgan fingerprint density at radius 1 is 1.21 bits per heavy atom. The van der Waals surface area contributed by atoms with Gasteiger partial charge in [0.2, 0.25) is 0 Å². The van der Waals surface area contributed by atoms with Crippen LogP contribution in [0.15, 0.2) is 53.3 Å². The second-order valence-electron chi connectivity index (χ2n) is 5.14. The van der Waals surface area contributed by atoms with Gasteiger partial charge in [-0.25, -0.2) is 9.97 Å². The van der Waals surface area contributed by atoms with E-state index in [0.717, 1.165) is 25.4 Å². The lowest BCUT2D eigenvalue weighted by Crippen LogP contribution is -2.02. The number of rotatable bonds is 4. The molecule has 0 aliphatic carbocycles. The molecule has 5 nitrogen and oxygen atoms in total. The van der Waals surface area contributed by atoms with Crippen LogP contribution in [0.3, 0.4) is 0 Å². The average molecular weight is 421 g/mol. The Kier molecular flexibility index (Phi) is 4.22. The first-order chi connectivity index (χ1) is 11.7. The van der Waals surface area contributed by atoms with Gasteiger partial charge >= 0.3 is 0 Å². The Balaban J connectivity index is 1.61. The number of hydrogen-bond acceptors (Lipinski definition) is 5. The molecule has 0 saturated heterocycles. The Morgan fingerprint density at radius 2 is 2.12 bits per heavy atom. The van der Waals surface area contributed by atoms with Gasteiger partial charge in [0.15, 0.2) is 5.13 Å². The lowest BCUT2D eigenvalue weighted by atomic mass is 10.2. The van der Waals surface area contributed by atoms with Crippen molar-refractivity contribution < 1.29 is 0 Å². The molecule has 0 aliphatic heterocycles. The highest BCUT2D eigenvalue weighted by atomic mass is 79.9. The van der Waals surface area contributed by atoms with Gasteiger partial charge in [0.1, 0.15) is 11.0 Å². The summed E-state index contributed by atoms with van der Waals surface area (Å²) in [6, 6.07) is 11.7. The van der Waals surface area contributed by atoms with E-state index in [4.69, 9.17) is 11.6 Å². The fraction of sp³-hybridized carbons (Fsp3) is 0.0625. The number of nitrogens with one attached hydrogen (secondary N) is 1. The van der Waals surface area contributed by atoms with Crippen LogP contribution in [0.25, 0.3) is 10.2 Å². The van der Waals surface area contributed by atoms with Crippen molar-refractivity contribution in [2.45, 2.75) is 6.54 Å². The Hall–Kier alpha value is -1.96. The lowest BCUT2D eigenvalue weighted by molar-refractivity contribution is 0.686. The standard InChI is InChI=1S/C16H11BrClN5S/c17-11-2-3-12-13(8-11)24-16(20-12)22-15-7-10(6-14(18)21-15)9-23-5-1-4-19-23/h1-8H,9H2,(H,20,21,22). The first-order valence-electron chi connectivity index (χ1n) is 7.13. The van der Waals surface area contributed by atoms with Crippen molar-refractivity contribution in [2.75, 3.05) is 5.32 Å². The molecular weight excluding hydrogens is 410 g/mol. The average Bonchev–Trinajstić information content (AvgIpc) is 3.15. The minimum atomic E-state index is 0.436. The molecule has 0 radical (unpaired) electrons. The summed E-state index contributed by atoms with van der Waals surface area (Å²) in [4.78, 5) is 8.90. The monoisotopic (exact) mass is 419 g/mol. The SMILES string of the molecule is Clc1cc(Cn2cccn2)cc(Nc2nc3ccc(Br)cc3s2)n1. The molecule has 0 aliphatic rings. The van der Waals surface area contributed by atoms with Crippen LogP contribution in [0.4, 0.5) is 10.9 Å². The fourth-order valence-corrected chi connectivity index (χ4v) is 4.00. The highest BCUT2D eigenvalue weighted by molar-refractivity contribution is 9.10. The van der Waals surface area contributed by atoms with Gasteiger partial charge in [-0.05, 0) is 42.0 Å². The Morgan fingerprint density at radius 3 is 2.96 bits per heavy atom. The molecule has 1 N–H and O–H groups in total. The van der Waals surface area contributed by atoms with Gasteiger partial charge in [-0.1, -0.05) is 38.9 Å². The van der Waals surface area contributed by atoms with Crippen molar-refractivity contribution >= 4 is 60.0 Å². The number of aromatic nitrogens is 4. The number of fused-ring (bicyclic) bond motifs is 1. The lowest BCUT2D eigenvalue weighted by Gasteiger charge is -2.07. The van der Waals surface area contributed by atoms with Gasteiger partial charge in [-0.2, -0.15) is 5.10 Å². The van der Waals surface area contributed by atoms with Crippen molar-refractivity contribution in [2.24, 2.45) is 0 Å². The Labute approximate surface area is 155 Å². The van der Waals surface area contributed by atoms with E-state index < -0.39 is 0 Å². The number of thiazole rings is 1. The summed E-state index contributed by atoms with van der Waals surface area (Å²) < 4.78 is 3.98. The maximum Gasteiger partial charge on any atom is 0.189 e. The number of hydrogen-bond donors (Lipinski definition) is 1. The van der Waals surface area contributed by atoms with Gasteiger partial charge in [-0.15, -0.1) is 0 Å². The van der Waals surface area contributed by atoms with Crippen LogP contribution in [0.1, 0.15) is 5.56 Å². The van der Waals surface area contributed by atoms with Crippen molar-refractivity contribution in [1.82, 2.24) is 19.7 Å². The topological polar surface area (TPSA) is 55.6 Å². The molecule has 4 rings (SSSR count). The van der Waals surface area contributed by atoms with Crippen molar-refractivity contribution in [3.8, 4) is 0 Å². The molecule has 24 heavy (non-hydrogen) atoms. The molecular formula is C16H11BrClN5S. The number of nitrogens with zero attached hydrogens (tertiary/aromatic N) is 4. The van der Waals surface area contributed by atoms with Gasteiger partial charge in [0.25, 0.3) is 0 Å². The van der Waals surface area contributed by atoms with Crippen molar-refractivity contribution in [3.63, 3.8) is 0 Å². The second kappa shape index (κ2) is 6.51. The summed E-state index contributed by atoms with van der Waals surface area (Å²) in [6.07, 6.45) is 3.66. The summed E-state index contributed by atoms with van der Waals surface area (Å²) >= 11 is 11.2. The third-order valence-corrected chi connectivity index (χ3v) is 4.96. The maximum atomic E-state index is 6.15. The van der Waals surface area contributed by atoms with Gasteiger partial charge in [0, 0.05) is 16.9 Å². The van der Waals surface area contributed by atoms with Crippen LogP contribution >= 0.6 is 38.9 Å². The van der Waals surface area contributed by atoms with Crippen LogP contribution in [0, 0.1) is 0 Å². The predicted molar refractivity (Wildman–Crippen MR) is 101 cm³/mol. The molecule has 4 aromatic rings. The third-order valence-electron chi connectivity index (χ3n) is 3.34. The molecule has 3 heterocycles. The molecule has 3 aromatic heterocycles. The maximum absolute atomic E-state index is 6.15. The van der Waals surface area contributed by atoms with Gasteiger partial charge in [-0.3, -0.25) is 4.68 Å². The summed E-state index contributed by atoms with van der Waals surface area (Å²) in [5.74, 6) is 0.669. The second-order valence-corrected chi connectivity index (χ2v) is 7.48. The zero-order chi connectivity index (χ0) is 16.5. The molecule has 0 atom stereocenters. The summed E-state index contributed by atoms with van der Waals surface area (Å²) in [5.41, 5.74) is 1.97. The van der Waals surface area contributed by atoms with Crippen LogP contribution in [0.2, 0.25) is 5.15 Å². The summed E-state index contributed by atoms with van der Waals surface area (Å²) in [6.45, 7) is 0.636. The molecule has 0 amide bonds. The van der Waals surface area contributed by atoms with E-state index in [-0.39, 0.29) is 0 Å². The predicted octanol–water partition coefficient (Wildman–Crippen LogP) is 5.10. The van der Waals surface area contributed by atoms with Crippen LogP contribution in [-0.4, -0.2) is 19.7 Å². The Bertz CT molecular complexity index is 999. The first-order valence-corrected chi connectivity index (χ1v) is 9.11. The fourth-order valence-electron chi connectivity index (χ4n) is 2.35. The largest absolute Gasteiger partial charge is 0.316 e. The highest BCUT2D eigenvalue weighted by Gasteiger charge is 2.07. The summed E-state index contributed by atoms with van der Waals surface area (Å²) in [5, 5.41) is 8.67. The highest BCUT2D eigenvalue weighted by Crippen LogP contribution is 2.30. The van der Waals surface area contributed by atoms with Crippen molar-refractivity contribution in [3.05, 3.63) is 64.0 Å². The van der Waals surface area contributed by atoms with E-state index in [0.29, 0.717) is 17.5 Å². The molecule has 0 bridgehead atoms. The minimum Gasteiger partial charge on any atom is -0.316 e. The van der Waals surface area contributed by atoms with E-state index >= 15 is 0 Å². The van der Waals surface area contributed by atoms with E-state index in [9.17, 15) is 0 Å². The molecule has 0 saturated carbocycles. The first kappa shape index (κ1) is 15.6. The normalized spacial score (nSPS) is 11.1. The molecule has 1 aromatic carbocycles. The van der Waals surface area contributed by atoms with E-state index in [1.165, 1.54) is 0 Å². The summed E-state index contributed by atoms with van der Waals surface area (Å²) in [7, 11) is 0. The van der Waals surface area contributed by atoms with Gasteiger partial charge in [0.05, 0.1) is 16.8 Å². The molecule has 0 spiro atoms. The van der Waals surface area contributed by atoms with Crippen LogP contribution < -0.4 is 5.32 Å². The number of pyridine rings is 1. The molecule has 0 fully saturated rings. The van der Waals surface area contributed by atoms with E-state index in [1.54, 1.807) is 17.5 Å². The minimum absolute atomic E-state index is 0.436.